The predicted molar refractivity (Wildman–Crippen MR) is 83.1 cm³/mol. The van der Waals surface area contributed by atoms with Crippen LogP contribution in [-0.4, -0.2) is 39.6 Å². The number of sulfone groups is 1. The molecule has 124 valence electrons. The summed E-state index contributed by atoms with van der Waals surface area (Å²) >= 11 is 0. The van der Waals surface area contributed by atoms with Gasteiger partial charge < -0.3 is 9.67 Å². The Bertz CT molecular complexity index is 641. The lowest BCUT2D eigenvalue weighted by Crippen LogP contribution is -2.41. The third-order valence-corrected chi connectivity index (χ3v) is 6.57. The van der Waals surface area contributed by atoms with Crippen LogP contribution < -0.4 is 0 Å². The quantitative estimate of drug-likeness (QED) is 0.891. The summed E-state index contributed by atoms with van der Waals surface area (Å²) in [4.78, 5) is 0. The van der Waals surface area contributed by atoms with E-state index in [1.807, 2.05) is 11.5 Å². The first-order valence-corrected chi connectivity index (χ1v) is 9.93. The molecular weight excluding hydrogens is 302 g/mol. The highest BCUT2D eigenvalue weighted by molar-refractivity contribution is 7.90. The van der Waals surface area contributed by atoms with Crippen LogP contribution in [0, 0.1) is 12.8 Å². The molecule has 3 rings (SSSR count). The molecule has 2 fully saturated rings. The minimum atomic E-state index is -3.40. The van der Waals surface area contributed by atoms with Crippen LogP contribution in [0.4, 0.5) is 0 Å². The summed E-state index contributed by atoms with van der Waals surface area (Å²) in [6.07, 6.45) is 5.05. The Labute approximate surface area is 131 Å². The summed E-state index contributed by atoms with van der Waals surface area (Å²) in [6.45, 7) is 4.01. The third kappa shape index (κ3) is 3.51. The molecule has 7 heteroatoms. The molecule has 0 amide bonds. The largest absolute Gasteiger partial charge is 0.389 e. The van der Waals surface area contributed by atoms with E-state index in [9.17, 15) is 13.5 Å². The monoisotopic (exact) mass is 327 g/mol. The van der Waals surface area contributed by atoms with Gasteiger partial charge in [0, 0.05) is 6.04 Å². The van der Waals surface area contributed by atoms with Gasteiger partial charge in [0.25, 0.3) is 0 Å². The van der Waals surface area contributed by atoms with Gasteiger partial charge in [-0.15, -0.1) is 10.2 Å². The highest BCUT2D eigenvalue weighted by Crippen LogP contribution is 2.37. The second-order valence-electron chi connectivity index (χ2n) is 7.20. The fourth-order valence-corrected chi connectivity index (χ4v) is 5.22. The SMILES string of the molecule is Cc1nnc(CS(=O)(=O)CC2(O)CCC(C)CC2)n1C1CC1. The topological polar surface area (TPSA) is 85.1 Å². The molecule has 0 saturated heterocycles. The Balaban J connectivity index is 1.71. The van der Waals surface area contributed by atoms with Crippen LogP contribution >= 0.6 is 0 Å². The third-order valence-electron chi connectivity index (χ3n) is 4.89. The van der Waals surface area contributed by atoms with E-state index in [4.69, 9.17) is 0 Å². The van der Waals surface area contributed by atoms with Crippen LogP contribution in [0.5, 0.6) is 0 Å². The molecule has 2 aliphatic rings. The first-order chi connectivity index (χ1) is 10.3. The zero-order valence-corrected chi connectivity index (χ0v) is 14.1. The Morgan fingerprint density at radius 2 is 1.86 bits per heavy atom. The van der Waals surface area contributed by atoms with Gasteiger partial charge in [0.2, 0.25) is 0 Å². The molecule has 1 N–H and O–H groups in total. The molecule has 0 atom stereocenters. The molecule has 0 radical (unpaired) electrons. The molecule has 0 spiro atoms. The van der Waals surface area contributed by atoms with Crippen LogP contribution in [0.25, 0.3) is 0 Å². The maximum absolute atomic E-state index is 12.5. The van der Waals surface area contributed by atoms with Gasteiger partial charge in [0.1, 0.15) is 17.4 Å². The average Bonchev–Trinajstić information content (AvgIpc) is 3.18. The van der Waals surface area contributed by atoms with E-state index in [-0.39, 0.29) is 11.5 Å². The average molecular weight is 327 g/mol. The minimum absolute atomic E-state index is 0.123. The molecule has 1 heterocycles. The van der Waals surface area contributed by atoms with Crippen molar-refractivity contribution >= 4 is 9.84 Å². The van der Waals surface area contributed by atoms with Gasteiger partial charge in [0.15, 0.2) is 9.84 Å². The molecular formula is C15H25N3O3S. The van der Waals surface area contributed by atoms with E-state index in [0.717, 1.165) is 31.5 Å². The molecule has 1 aromatic rings. The van der Waals surface area contributed by atoms with Crippen molar-refractivity contribution in [1.82, 2.24) is 14.8 Å². The zero-order valence-electron chi connectivity index (χ0n) is 13.3. The minimum Gasteiger partial charge on any atom is -0.389 e. The van der Waals surface area contributed by atoms with Crippen molar-refractivity contribution in [2.75, 3.05) is 5.75 Å². The number of hydrogen-bond acceptors (Lipinski definition) is 5. The predicted octanol–water partition coefficient (Wildman–Crippen LogP) is 1.78. The van der Waals surface area contributed by atoms with E-state index < -0.39 is 15.4 Å². The van der Waals surface area contributed by atoms with Gasteiger partial charge in [-0.1, -0.05) is 6.92 Å². The van der Waals surface area contributed by atoms with Crippen LogP contribution in [0.1, 0.15) is 63.1 Å². The smallest absolute Gasteiger partial charge is 0.160 e. The Hall–Kier alpha value is -0.950. The normalized spacial score (nSPS) is 29.7. The van der Waals surface area contributed by atoms with E-state index in [2.05, 4.69) is 17.1 Å². The van der Waals surface area contributed by atoms with Crippen molar-refractivity contribution < 1.29 is 13.5 Å². The van der Waals surface area contributed by atoms with E-state index in [1.54, 1.807) is 0 Å². The number of hydrogen-bond donors (Lipinski definition) is 1. The zero-order chi connectivity index (χ0) is 16.0. The molecule has 0 unspecified atom stereocenters. The van der Waals surface area contributed by atoms with Crippen LogP contribution in [0.3, 0.4) is 0 Å². The van der Waals surface area contributed by atoms with Gasteiger partial charge in [-0.2, -0.15) is 0 Å². The lowest BCUT2D eigenvalue weighted by atomic mass is 9.81. The van der Waals surface area contributed by atoms with Gasteiger partial charge >= 0.3 is 0 Å². The Kier molecular flexibility index (Phi) is 4.05. The molecule has 6 nitrogen and oxygen atoms in total. The fourth-order valence-electron chi connectivity index (χ4n) is 3.42. The summed E-state index contributed by atoms with van der Waals surface area (Å²) in [5.74, 6) is 1.58. The highest BCUT2D eigenvalue weighted by Gasteiger charge is 2.37. The van der Waals surface area contributed by atoms with Crippen molar-refractivity contribution in [3.8, 4) is 0 Å². The van der Waals surface area contributed by atoms with Crippen LogP contribution in [0.15, 0.2) is 0 Å². The lowest BCUT2D eigenvalue weighted by Gasteiger charge is -2.34. The first-order valence-electron chi connectivity index (χ1n) is 8.11. The van der Waals surface area contributed by atoms with Gasteiger partial charge in [-0.05, 0) is 51.4 Å². The van der Waals surface area contributed by atoms with Gasteiger partial charge in [-0.3, -0.25) is 0 Å². The van der Waals surface area contributed by atoms with E-state index in [1.165, 1.54) is 0 Å². The molecule has 0 aromatic carbocycles. The van der Waals surface area contributed by atoms with Crippen molar-refractivity contribution in [1.29, 1.82) is 0 Å². The lowest BCUT2D eigenvalue weighted by molar-refractivity contribution is 0.0135. The van der Waals surface area contributed by atoms with Crippen molar-refractivity contribution in [2.45, 2.75) is 69.8 Å². The fraction of sp³-hybridized carbons (Fsp3) is 0.867. The molecule has 0 aliphatic heterocycles. The highest BCUT2D eigenvalue weighted by atomic mass is 32.2. The number of rotatable bonds is 5. The van der Waals surface area contributed by atoms with Crippen molar-refractivity contribution in [2.24, 2.45) is 5.92 Å². The molecule has 2 aliphatic carbocycles. The Morgan fingerprint density at radius 1 is 1.23 bits per heavy atom. The number of aliphatic hydroxyl groups is 1. The number of aromatic nitrogens is 3. The standard InChI is InChI=1S/C15H25N3O3S/c1-11-5-7-15(19,8-6-11)10-22(20,21)9-14-17-16-12(2)18(14)13-3-4-13/h11,13,19H,3-10H2,1-2H3. The van der Waals surface area contributed by atoms with Crippen molar-refractivity contribution in [3.05, 3.63) is 11.6 Å². The first kappa shape index (κ1) is 15.9. The second kappa shape index (κ2) is 5.60. The van der Waals surface area contributed by atoms with Crippen LogP contribution in [-0.2, 0) is 15.6 Å². The van der Waals surface area contributed by atoms with E-state index >= 15 is 0 Å². The maximum Gasteiger partial charge on any atom is 0.160 e. The number of nitrogens with zero attached hydrogens (tertiary/aromatic N) is 3. The van der Waals surface area contributed by atoms with Crippen molar-refractivity contribution in [3.63, 3.8) is 0 Å². The molecule has 1 aromatic heterocycles. The summed E-state index contributed by atoms with van der Waals surface area (Å²) < 4.78 is 27.0. The van der Waals surface area contributed by atoms with E-state index in [0.29, 0.717) is 30.6 Å². The summed E-state index contributed by atoms with van der Waals surface area (Å²) in [7, 11) is -3.40. The summed E-state index contributed by atoms with van der Waals surface area (Å²) in [6, 6.07) is 0.360. The summed E-state index contributed by atoms with van der Waals surface area (Å²) in [5, 5.41) is 18.6. The summed E-state index contributed by atoms with van der Waals surface area (Å²) in [5.41, 5.74) is -1.06. The second-order valence-corrected chi connectivity index (χ2v) is 9.27. The van der Waals surface area contributed by atoms with Crippen LogP contribution in [0.2, 0.25) is 0 Å². The molecule has 0 bridgehead atoms. The number of aryl methyl sites for hydroxylation is 1. The molecule has 2 saturated carbocycles. The Morgan fingerprint density at radius 3 is 2.45 bits per heavy atom. The van der Waals surface area contributed by atoms with Gasteiger partial charge in [0.05, 0.1) is 11.4 Å². The maximum atomic E-state index is 12.5. The van der Waals surface area contributed by atoms with Gasteiger partial charge in [-0.25, -0.2) is 8.42 Å². The molecule has 22 heavy (non-hydrogen) atoms.